The highest BCUT2D eigenvalue weighted by Crippen LogP contribution is 2.34. The van der Waals surface area contributed by atoms with Crippen molar-refractivity contribution < 1.29 is 10.5 Å². The molecular formula is C21H38O2. The van der Waals surface area contributed by atoms with Crippen LogP contribution in [0.2, 0.25) is 0 Å². The smallest absolute Gasteiger partial charge is 0.00779 e. The van der Waals surface area contributed by atoms with Gasteiger partial charge in [-0.1, -0.05) is 109 Å². The lowest BCUT2D eigenvalue weighted by atomic mass is 9.72. The molecule has 2 N–H and O–H groups in total. The lowest BCUT2D eigenvalue weighted by Crippen LogP contribution is -2.26. The van der Waals surface area contributed by atoms with Gasteiger partial charge in [0.1, 0.15) is 0 Å². The Hall–Kier alpha value is -0.860. The topological polar surface area (TPSA) is 40.5 Å². The van der Waals surface area contributed by atoms with Crippen molar-refractivity contribution in [2.45, 2.75) is 90.9 Å². The van der Waals surface area contributed by atoms with E-state index < -0.39 is 0 Å². The maximum absolute atomic E-state index is 6.00. The molecular weight excluding hydrogens is 284 g/mol. The van der Waals surface area contributed by atoms with Crippen molar-refractivity contribution in [3.8, 4) is 0 Å². The third kappa shape index (κ3) is 9.12. The zero-order chi connectivity index (χ0) is 17.6. The van der Waals surface area contributed by atoms with E-state index in [1.807, 2.05) is 0 Å². The molecule has 0 heterocycles. The quantitative estimate of drug-likeness (QED) is 0.258. The first-order chi connectivity index (χ1) is 11.1. The van der Waals surface area contributed by atoms with Crippen LogP contribution in [-0.2, 0) is 5.41 Å². The van der Waals surface area contributed by atoms with E-state index in [0.29, 0.717) is 5.41 Å². The van der Waals surface area contributed by atoms with Gasteiger partial charge in [0.25, 0.3) is 0 Å². The van der Waals surface area contributed by atoms with Crippen LogP contribution in [0.25, 0.3) is 0 Å². The van der Waals surface area contributed by atoms with Crippen molar-refractivity contribution >= 4 is 0 Å². The fourth-order valence-electron chi connectivity index (χ4n) is 3.10. The molecule has 1 rings (SSSR count). The summed E-state index contributed by atoms with van der Waals surface area (Å²) in [7, 11) is 0. The zero-order valence-corrected chi connectivity index (χ0v) is 15.7. The van der Waals surface area contributed by atoms with Crippen LogP contribution in [-0.4, -0.2) is 10.5 Å². The number of hydrogen-bond acceptors (Lipinski definition) is 2. The first-order valence-corrected chi connectivity index (χ1v) is 9.34. The Bertz CT molecular complexity index is 359. The summed E-state index contributed by atoms with van der Waals surface area (Å²) in [6, 6.07) is 11.0. The molecule has 23 heavy (non-hydrogen) atoms. The SMILES string of the molecule is CCCCCCCCCCC(C)C(C)(C)c1ccccc1.OO. The van der Waals surface area contributed by atoms with Crippen LogP contribution in [0.15, 0.2) is 30.3 Å². The maximum Gasteiger partial charge on any atom is -0.00779 e. The van der Waals surface area contributed by atoms with Gasteiger partial charge in [-0.15, -0.1) is 0 Å². The summed E-state index contributed by atoms with van der Waals surface area (Å²) in [5, 5.41) is 12.0. The summed E-state index contributed by atoms with van der Waals surface area (Å²) < 4.78 is 0. The molecule has 1 aromatic rings. The van der Waals surface area contributed by atoms with Crippen LogP contribution in [0.4, 0.5) is 0 Å². The summed E-state index contributed by atoms with van der Waals surface area (Å²) in [5.41, 5.74) is 1.78. The Morgan fingerprint density at radius 2 is 1.30 bits per heavy atom. The largest absolute Gasteiger partial charge is 0.255 e. The molecule has 1 atom stereocenters. The summed E-state index contributed by atoms with van der Waals surface area (Å²) in [6.45, 7) is 9.51. The Labute approximate surface area is 143 Å². The minimum atomic E-state index is 0.294. The van der Waals surface area contributed by atoms with Gasteiger partial charge in [0.15, 0.2) is 0 Å². The molecule has 0 aliphatic carbocycles. The standard InChI is InChI=1S/C21H36.H2O2/c1-5-6-7-8-9-10-11-13-16-19(2)21(3,4)20-17-14-12-15-18-20;1-2/h12,14-15,17-19H,5-11,13,16H2,1-4H3;1-2H. The normalized spacial score (nSPS) is 12.4. The fourth-order valence-corrected chi connectivity index (χ4v) is 3.10. The zero-order valence-electron chi connectivity index (χ0n) is 15.7. The molecule has 0 saturated heterocycles. The third-order valence-corrected chi connectivity index (χ3v) is 5.24. The van der Waals surface area contributed by atoms with E-state index in [0.717, 1.165) is 5.92 Å². The van der Waals surface area contributed by atoms with E-state index in [9.17, 15) is 0 Å². The predicted molar refractivity (Wildman–Crippen MR) is 101 cm³/mol. The van der Waals surface area contributed by atoms with Gasteiger partial charge in [-0.3, -0.25) is 10.5 Å². The van der Waals surface area contributed by atoms with Gasteiger partial charge in [0.05, 0.1) is 0 Å². The lowest BCUT2D eigenvalue weighted by Gasteiger charge is -2.32. The molecule has 0 saturated carbocycles. The summed E-state index contributed by atoms with van der Waals surface area (Å²) in [6.07, 6.45) is 12.7. The molecule has 0 bridgehead atoms. The molecule has 2 heteroatoms. The van der Waals surface area contributed by atoms with Gasteiger partial charge in [-0.2, -0.15) is 0 Å². The minimum Gasteiger partial charge on any atom is -0.255 e. The third-order valence-electron chi connectivity index (χ3n) is 5.24. The second kappa shape index (κ2) is 13.6. The molecule has 0 amide bonds. The van der Waals surface area contributed by atoms with E-state index in [1.165, 1.54) is 63.4 Å². The highest BCUT2D eigenvalue weighted by atomic mass is 17.0. The van der Waals surface area contributed by atoms with Crippen molar-refractivity contribution in [1.82, 2.24) is 0 Å². The van der Waals surface area contributed by atoms with Gasteiger partial charge < -0.3 is 0 Å². The number of rotatable bonds is 11. The second-order valence-electron chi connectivity index (χ2n) is 7.25. The number of benzene rings is 1. The van der Waals surface area contributed by atoms with Crippen LogP contribution >= 0.6 is 0 Å². The Morgan fingerprint density at radius 3 is 1.83 bits per heavy atom. The number of hydrogen-bond donors (Lipinski definition) is 2. The lowest BCUT2D eigenvalue weighted by molar-refractivity contribution is -0.176. The Morgan fingerprint density at radius 1 is 0.826 bits per heavy atom. The van der Waals surface area contributed by atoms with E-state index >= 15 is 0 Å². The van der Waals surface area contributed by atoms with Crippen molar-refractivity contribution in [2.24, 2.45) is 5.92 Å². The first kappa shape index (κ1) is 22.1. The maximum atomic E-state index is 6.00. The van der Waals surface area contributed by atoms with E-state index in [2.05, 4.69) is 58.0 Å². The van der Waals surface area contributed by atoms with Crippen molar-refractivity contribution in [3.05, 3.63) is 35.9 Å². The first-order valence-electron chi connectivity index (χ1n) is 9.34. The average molecular weight is 323 g/mol. The molecule has 0 aromatic heterocycles. The molecule has 0 radical (unpaired) electrons. The molecule has 134 valence electrons. The summed E-state index contributed by atoms with van der Waals surface area (Å²) in [5.74, 6) is 0.750. The van der Waals surface area contributed by atoms with Crippen LogP contribution < -0.4 is 0 Å². The molecule has 1 aromatic carbocycles. The van der Waals surface area contributed by atoms with Gasteiger partial charge in [-0.25, -0.2) is 0 Å². The predicted octanol–water partition coefficient (Wildman–Crippen LogP) is 7.15. The fraction of sp³-hybridized carbons (Fsp3) is 0.714. The molecule has 0 aliphatic rings. The summed E-state index contributed by atoms with van der Waals surface area (Å²) in [4.78, 5) is 0. The van der Waals surface area contributed by atoms with Crippen molar-refractivity contribution in [1.29, 1.82) is 0 Å². The van der Waals surface area contributed by atoms with Gasteiger partial charge >= 0.3 is 0 Å². The van der Waals surface area contributed by atoms with Gasteiger partial charge in [-0.05, 0) is 23.3 Å². The van der Waals surface area contributed by atoms with Crippen molar-refractivity contribution in [2.75, 3.05) is 0 Å². The number of unbranched alkanes of at least 4 members (excludes halogenated alkanes) is 7. The van der Waals surface area contributed by atoms with Crippen LogP contribution in [0.1, 0.15) is 91.0 Å². The van der Waals surface area contributed by atoms with E-state index in [4.69, 9.17) is 10.5 Å². The van der Waals surface area contributed by atoms with Crippen LogP contribution in [0.5, 0.6) is 0 Å². The van der Waals surface area contributed by atoms with Gasteiger partial charge in [0, 0.05) is 0 Å². The molecule has 0 fully saturated rings. The Kier molecular flexibility index (Phi) is 13.1. The summed E-state index contributed by atoms with van der Waals surface area (Å²) >= 11 is 0. The van der Waals surface area contributed by atoms with E-state index in [-0.39, 0.29) is 0 Å². The molecule has 0 aliphatic heterocycles. The van der Waals surface area contributed by atoms with E-state index in [1.54, 1.807) is 0 Å². The van der Waals surface area contributed by atoms with Crippen LogP contribution in [0.3, 0.4) is 0 Å². The highest BCUT2D eigenvalue weighted by molar-refractivity contribution is 5.24. The monoisotopic (exact) mass is 322 g/mol. The van der Waals surface area contributed by atoms with Crippen molar-refractivity contribution in [3.63, 3.8) is 0 Å². The highest BCUT2D eigenvalue weighted by Gasteiger charge is 2.26. The molecule has 0 spiro atoms. The van der Waals surface area contributed by atoms with Crippen LogP contribution in [0, 0.1) is 5.92 Å². The Balaban J connectivity index is 0.00000232. The molecule has 2 nitrogen and oxygen atoms in total. The molecule has 1 unspecified atom stereocenters. The second-order valence-corrected chi connectivity index (χ2v) is 7.25. The average Bonchev–Trinajstić information content (AvgIpc) is 2.59. The minimum absolute atomic E-state index is 0.294. The van der Waals surface area contributed by atoms with Gasteiger partial charge in [0.2, 0.25) is 0 Å².